The lowest BCUT2D eigenvalue weighted by Gasteiger charge is -2.35. The number of carbonyl (C=O) groups is 1. The van der Waals surface area contributed by atoms with Gasteiger partial charge in [0.2, 0.25) is 0 Å². The lowest BCUT2D eigenvalue weighted by Crippen LogP contribution is -2.46. The van der Waals surface area contributed by atoms with Crippen LogP contribution in [-0.2, 0) is 0 Å². The monoisotopic (exact) mass is 559 g/mol. The predicted octanol–water partition coefficient (Wildman–Crippen LogP) is 5.16. The molecule has 202 valence electrons. The number of carbonyl (C=O) groups excluding carboxylic acids is 1. The van der Waals surface area contributed by atoms with Crippen molar-refractivity contribution in [2.24, 2.45) is 0 Å². The van der Waals surface area contributed by atoms with Crippen molar-refractivity contribution < 1.29 is 14.3 Å². The maximum Gasteiger partial charge on any atom is 0.327 e. The molecule has 0 spiro atoms. The predicted molar refractivity (Wildman–Crippen MR) is 152 cm³/mol. The number of benzene rings is 2. The molecule has 2 heterocycles. The molecule has 2 amide bonds. The summed E-state index contributed by atoms with van der Waals surface area (Å²) in [7, 11) is 4.43. The number of piperazine rings is 1. The van der Waals surface area contributed by atoms with Gasteiger partial charge in [-0.2, -0.15) is 0 Å². The molecule has 1 fully saturated rings. The van der Waals surface area contributed by atoms with Crippen molar-refractivity contribution in [1.29, 1.82) is 0 Å². The molecule has 10 nitrogen and oxygen atoms in total. The van der Waals surface area contributed by atoms with Gasteiger partial charge in [-0.1, -0.05) is 30.1 Å². The largest absolute Gasteiger partial charge is 0.495 e. The van der Waals surface area contributed by atoms with Crippen LogP contribution in [0.25, 0.3) is 0 Å². The molecule has 0 aliphatic carbocycles. The maximum absolute atomic E-state index is 13.0. The van der Waals surface area contributed by atoms with Gasteiger partial charge in [-0.05, 0) is 30.8 Å². The van der Waals surface area contributed by atoms with Crippen molar-refractivity contribution >= 4 is 57.9 Å². The highest BCUT2D eigenvalue weighted by molar-refractivity contribution is 6.42. The number of rotatable bonds is 8. The van der Waals surface area contributed by atoms with Crippen LogP contribution >= 0.6 is 23.2 Å². The smallest absolute Gasteiger partial charge is 0.327 e. The molecule has 3 aromatic rings. The second-order valence-electron chi connectivity index (χ2n) is 8.50. The summed E-state index contributed by atoms with van der Waals surface area (Å²) in [5, 5.41) is 6.14. The van der Waals surface area contributed by atoms with E-state index in [4.69, 9.17) is 32.7 Å². The Labute approximate surface area is 232 Å². The lowest BCUT2D eigenvalue weighted by atomic mass is 10.2. The number of nitrogens with zero attached hydrogens (tertiary/aromatic N) is 5. The maximum atomic E-state index is 13.0. The zero-order valence-corrected chi connectivity index (χ0v) is 23.3. The first-order chi connectivity index (χ1) is 18.4. The zero-order valence-electron chi connectivity index (χ0n) is 21.8. The molecule has 0 bridgehead atoms. The summed E-state index contributed by atoms with van der Waals surface area (Å²) in [6, 6.07) is 10.8. The van der Waals surface area contributed by atoms with Crippen molar-refractivity contribution in [3.8, 4) is 11.5 Å². The minimum absolute atomic E-state index is 0.130. The molecular weight excluding hydrogens is 529 g/mol. The average molecular weight is 560 g/mol. The minimum atomic E-state index is -0.513. The van der Waals surface area contributed by atoms with Gasteiger partial charge in [0, 0.05) is 56.7 Å². The van der Waals surface area contributed by atoms with Crippen molar-refractivity contribution in [1.82, 2.24) is 20.2 Å². The van der Waals surface area contributed by atoms with E-state index in [1.165, 1.54) is 38.2 Å². The molecule has 4 rings (SSSR count). The second-order valence-corrected chi connectivity index (χ2v) is 9.26. The van der Waals surface area contributed by atoms with E-state index in [1.54, 1.807) is 12.1 Å². The normalized spacial score (nSPS) is 13.7. The molecule has 1 aliphatic heterocycles. The van der Waals surface area contributed by atoms with Crippen LogP contribution in [0.15, 0.2) is 42.7 Å². The highest BCUT2D eigenvalue weighted by Crippen LogP contribution is 2.48. The number of likely N-dealkylation sites (N-methyl/N-ethyl adjacent to an activating group) is 1. The van der Waals surface area contributed by atoms with Gasteiger partial charge in [-0.25, -0.2) is 19.7 Å². The lowest BCUT2D eigenvalue weighted by molar-refractivity contribution is 0.250. The fourth-order valence-corrected chi connectivity index (χ4v) is 4.93. The third-order valence-corrected chi connectivity index (χ3v) is 7.13. The van der Waals surface area contributed by atoms with Gasteiger partial charge in [0.05, 0.1) is 19.9 Å². The number of anilines is 5. The van der Waals surface area contributed by atoms with Crippen LogP contribution in [0.3, 0.4) is 0 Å². The third-order valence-electron chi connectivity index (χ3n) is 6.40. The topological polar surface area (TPSA) is 95.1 Å². The van der Waals surface area contributed by atoms with Gasteiger partial charge in [-0.3, -0.25) is 0 Å². The molecule has 0 unspecified atom stereocenters. The zero-order chi connectivity index (χ0) is 27.2. The van der Waals surface area contributed by atoms with Crippen LogP contribution in [0.2, 0.25) is 10.0 Å². The van der Waals surface area contributed by atoms with Crippen molar-refractivity contribution in [2.45, 2.75) is 6.92 Å². The number of hydrogen-bond donors (Lipinski definition) is 2. The average Bonchev–Trinajstić information content (AvgIpc) is 2.95. The van der Waals surface area contributed by atoms with Crippen molar-refractivity contribution in [2.75, 3.05) is 69.1 Å². The van der Waals surface area contributed by atoms with E-state index >= 15 is 0 Å². The second kappa shape index (κ2) is 12.4. The summed E-state index contributed by atoms with van der Waals surface area (Å²) in [5.41, 5.74) is 2.19. The van der Waals surface area contributed by atoms with Crippen LogP contribution in [0.4, 0.5) is 33.5 Å². The Morgan fingerprint density at radius 2 is 1.63 bits per heavy atom. The number of aromatic nitrogens is 2. The van der Waals surface area contributed by atoms with Gasteiger partial charge < -0.3 is 29.9 Å². The molecule has 0 atom stereocenters. The van der Waals surface area contributed by atoms with Gasteiger partial charge >= 0.3 is 6.03 Å². The highest BCUT2D eigenvalue weighted by atomic mass is 35.5. The summed E-state index contributed by atoms with van der Waals surface area (Å²) in [6.07, 6.45) is 1.36. The molecular formula is C26H31Cl2N7O3. The van der Waals surface area contributed by atoms with E-state index in [0.717, 1.165) is 38.4 Å². The number of hydrogen-bond acceptors (Lipinski definition) is 8. The Morgan fingerprint density at radius 3 is 2.18 bits per heavy atom. The standard InChI is InChI=1S/C26H31Cl2N7O3/c1-5-33-10-12-34(13-11-33)18-8-6-17(7-9-18)32-21-15-22(31-16-30-21)35(26(36)29-2)25-23(27)19(37-3)14-20(38-4)24(25)28/h6-9,14-16H,5,10-13H2,1-4H3,(H,29,36)(H,30,31,32). The van der Waals surface area contributed by atoms with E-state index in [9.17, 15) is 4.79 Å². The van der Waals surface area contributed by atoms with E-state index in [1.807, 2.05) is 12.1 Å². The molecule has 2 aromatic carbocycles. The van der Waals surface area contributed by atoms with Crippen molar-refractivity contribution in [3.63, 3.8) is 0 Å². The number of nitrogens with one attached hydrogen (secondary N) is 2. The summed E-state index contributed by atoms with van der Waals surface area (Å²) in [6.45, 7) is 7.42. The van der Waals surface area contributed by atoms with Gasteiger partial charge in [0.15, 0.2) is 0 Å². The Hall–Kier alpha value is -3.47. The first-order valence-corrected chi connectivity index (χ1v) is 12.9. The summed E-state index contributed by atoms with van der Waals surface area (Å²) in [4.78, 5) is 27.8. The van der Waals surface area contributed by atoms with Gasteiger partial charge in [-0.15, -0.1) is 0 Å². The number of halogens is 2. The first-order valence-electron chi connectivity index (χ1n) is 12.2. The fourth-order valence-electron chi connectivity index (χ4n) is 4.26. The Bertz CT molecular complexity index is 1240. The molecule has 1 aliphatic rings. The van der Waals surface area contributed by atoms with Crippen LogP contribution in [0.1, 0.15) is 6.92 Å². The molecule has 1 aromatic heterocycles. The molecule has 1 saturated heterocycles. The minimum Gasteiger partial charge on any atom is -0.495 e. The number of methoxy groups -OCH3 is 2. The van der Waals surface area contributed by atoms with E-state index < -0.39 is 6.03 Å². The Kier molecular flexibility index (Phi) is 8.98. The summed E-state index contributed by atoms with van der Waals surface area (Å²) in [5.74, 6) is 1.31. The molecule has 0 radical (unpaired) electrons. The molecule has 2 N–H and O–H groups in total. The first kappa shape index (κ1) is 27.6. The van der Waals surface area contributed by atoms with E-state index in [0.29, 0.717) is 17.3 Å². The Morgan fingerprint density at radius 1 is 1.00 bits per heavy atom. The van der Waals surface area contributed by atoms with E-state index in [-0.39, 0.29) is 21.6 Å². The Balaban J connectivity index is 1.61. The third kappa shape index (κ3) is 5.82. The number of ether oxygens (including phenoxy) is 2. The van der Waals surface area contributed by atoms with Crippen LogP contribution in [-0.4, -0.2) is 74.9 Å². The van der Waals surface area contributed by atoms with Crippen molar-refractivity contribution in [3.05, 3.63) is 52.8 Å². The van der Waals surface area contributed by atoms with E-state index in [2.05, 4.69) is 49.5 Å². The quantitative estimate of drug-likeness (QED) is 0.390. The van der Waals surface area contributed by atoms with Gasteiger partial charge in [0.25, 0.3) is 0 Å². The van der Waals surface area contributed by atoms with Crippen LogP contribution in [0, 0.1) is 0 Å². The summed E-state index contributed by atoms with van der Waals surface area (Å²) < 4.78 is 10.7. The number of urea groups is 1. The van der Waals surface area contributed by atoms with Crippen LogP contribution < -0.4 is 29.9 Å². The highest BCUT2D eigenvalue weighted by Gasteiger charge is 2.28. The van der Waals surface area contributed by atoms with Gasteiger partial charge in [0.1, 0.15) is 39.5 Å². The molecule has 12 heteroatoms. The fraction of sp³-hybridized carbons (Fsp3) is 0.346. The molecule has 38 heavy (non-hydrogen) atoms. The summed E-state index contributed by atoms with van der Waals surface area (Å²) >= 11 is 13.2. The number of amides is 2. The molecule has 0 saturated carbocycles. The SMILES string of the molecule is CCN1CCN(c2ccc(Nc3cc(N(C(=O)NC)c4c(Cl)c(OC)cc(OC)c4Cl)ncn3)cc2)CC1. The van der Waals surface area contributed by atoms with Crippen LogP contribution in [0.5, 0.6) is 11.5 Å².